The number of fused-ring (bicyclic) bond motifs is 1. The van der Waals surface area contributed by atoms with Crippen LogP contribution >= 0.6 is 23.2 Å². The monoisotopic (exact) mass is 387 g/mol. The van der Waals surface area contributed by atoms with Crippen LogP contribution in [0.4, 0.5) is 13.2 Å². The van der Waals surface area contributed by atoms with Gasteiger partial charge in [0.2, 0.25) is 5.78 Å². The van der Waals surface area contributed by atoms with Gasteiger partial charge in [-0.15, -0.1) is 0 Å². The molecule has 0 saturated carbocycles. The highest BCUT2D eigenvalue weighted by Gasteiger charge is 2.31. The summed E-state index contributed by atoms with van der Waals surface area (Å²) in [7, 11) is 0. The minimum Gasteiger partial charge on any atom is -0.320 e. The Morgan fingerprint density at radius 2 is 1.88 bits per heavy atom. The van der Waals surface area contributed by atoms with Crippen molar-refractivity contribution < 1.29 is 18.0 Å². The van der Waals surface area contributed by atoms with Crippen LogP contribution in [0.3, 0.4) is 0 Å². The first-order valence-electron chi connectivity index (χ1n) is 7.10. The largest absolute Gasteiger partial charge is 0.396 e. The van der Waals surface area contributed by atoms with E-state index in [1.165, 1.54) is 29.0 Å². The number of pyridine rings is 1. The molecule has 4 nitrogen and oxygen atoms in total. The second kappa shape index (κ2) is 6.65. The lowest BCUT2D eigenvalue weighted by Crippen LogP contribution is -2.19. The van der Waals surface area contributed by atoms with Crippen LogP contribution in [0.2, 0.25) is 10.0 Å². The Kier molecular flexibility index (Phi) is 4.71. The van der Waals surface area contributed by atoms with Crippen LogP contribution < -0.4 is 0 Å². The summed E-state index contributed by atoms with van der Waals surface area (Å²) in [5.41, 5.74) is 0.697. The van der Waals surface area contributed by atoms with Gasteiger partial charge >= 0.3 is 6.18 Å². The first-order chi connectivity index (χ1) is 11.7. The van der Waals surface area contributed by atoms with Crippen molar-refractivity contribution in [3.05, 3.63) is 58.1 Å². The predicted octanol–water partition coefficient (Wildman–Crippen LogP) is 4.73. The van der Waals surface area contributed by atoms with Crippen LogP contribution in [-0.2, 0) is 13.0 Å². The maximum absolute atomic E-state index is 12.9. The summed E-state index contributed by atoms with van der Waals surface area (Å²) < 4.78 is 39.8. The lowest BCUT2D eigenvalue weighted by Gasteiger charge is -2.10. The number of aromatic nitrogens is 3. The number of rotatable bonds is 4. The molecule has 25 heavy (non-hydrogen) atoms. The van der Waals surface area contributed by atoms with Crippen LogP contribution in [0.1, 0.15) is 16.3 Å². The van der Waals surface area contributed by atoms with E-state index in [4.69, 9.17) is 23.2 Å². The minimum atomic E-state index is -4.47. The molecule has 2 aromatic heterocycles. The number of halogens is 5. The number of carbonyl (C=O) groups is 1. The van der Waals surface area contributed by atoms with Crippen LogP contribution in [0.25, 0.3) is 11.0 Å². The second-order valence-electron chi connectivity index (χ2n) is 5.30. The van der Waals surface area contributed by atoms with Crippen molar-refractivity contribution in [3.63, 3.8) is 0 Å². The number of alkyl halides is 3. The van der Waals surface area contributed by atoms with E-state index in [1.54, 1.807) is 12.1 Å². The molecule has 0 aliphatic heterocycles. The summed E-state index contributed by atoms with van der Waals surface area (Å²) >= 11 is 11.9. The molecule has 0 unspecified atom stereocenters. The summed E-state index contributed by atoms with van der Waals surface area (Å²) in [6, 6.07) is 7.53. The summed E-state index contributed by atoms with van der Waals surface area (Å²) in [5, 5.41) is 0.340. The molecule has 1 aromatic carbocycles. The maximum Gasteiger partial charge on any atom is 0.396 e. The van der Waals surface area contributed by atoms with E-state index >= 15 is 0 Å². The van der Waals surface area contributed by atoms with Gasteiger partial charge in [0, 0.05) is 6.20 Å². The lowest BCUT2D eigenvalue weighted by molar-refractivity contribution is -0.128. The van der Waals surface area contributed by atoms with E-state index < -0.39 is 18.4 Å². The van der Waals surface area contributed by atoms with Crippen LogP contribution in [0, 0.1) is 0 Å². The van der Waals surface area contributed by atoms with Gasteiger partial charge in [-0.1, -0.05) is 29.3 Å². The van der Waals surface area contributed by atoms with Crippen LogP contribution in [0.15, 0.2) is 36.5 Å². The maximum atomic E-state index is 12.9. The summed E-state index contributed by atoms with van der Waals surface area (Å²) in [5.74, 6) is -0.723. The third-order valence-corrected chi connectivity index (χ3v) is 4.20. The highest BCUT2D eigenvalue weighted by Crippen LogP contribution is 2.30. The minimum absolute atomic E-state index is 0.155. The van der Waals surface area contributed by atoms with Crippen molar-refractivity contribution >= 4 is 40.0 Å². The summed E-state index contributed by atoms with van der Waals surface area (Å²) in [6.45, 7) is -0.336. The third kappa shape index (κ3) is 3.93. The molecule has 0 N–H and O–H groups in total. The molecule has 0 aliphatic carbocycles. The van der Waals surface area contributed by atoms with Crippen molar-refractivity contribution in [3.8, 4) is 0 Å². The first kappa shape index (κ1) is 17.7. The zero-order valence-corrected chi connectivity index (χ0v) is 14.0. The number of hydrogen-bond acceptors (Lipinski definition) is 3. The fraction of sp³-hybridized carbons (Fsp3) is 0.188. The number of nitrogens with zero attached hydrogens (tertiary/aromatic N) is 3. The summed E-state index contributed by atoms with van der Waals surface area (Å²) in [4.78, 5) is 20.3. The normalized spacial score (nSPS) is 11.9. The van der Waals surface area contributed by atoms with Gasteiger partial charge in [-0.2, -0.15) is 13.2 Å². The molecule has 0 aliphatic rings. The Hall–Kier alpha value is -2.12. The number of benzene rings is 1. The fourth-order valence-electron chi connectivity index (χ4n) is 2.41. The Morgan fingerprint density at radius 3 is 2.52 bits per heavy atom. The standard InChI is InChI=1S/C16H10Cl2F3N3O/c17-9-5-12-13(6-10(9)18)24(15(23-12)7-16(19,20)21)8-14(25)11-3-1-2-4-22-11/h1-6H,7-8H2. The highest BCUT2D eigenvalue weighted by atomic mass is 35.5. The molecule has 2 heterocycles. The van der Waals surface area contributed by atoms with Gasteiger partial charge in [0.25, 0.3) is 0 Å². The average molecular weight is 388 g/mol. The number of Topliss-reactive ketones (excluding diaryl/α,β-unsaturated/α-hetero) is 1. The van der Waals surface area contributed by atoms with Gasteiger partial charge in [0.05, 0.1) is 27.6 Å². The number of ketones is 1. The molecular formula is C16H10Cl2F3N3O. The second-order valence-corrected chi connectivity index (χ2v) is 6.11. The van der Waals surface area contributed by atoms with Crippen LogP contribution in [0.5, 0.6) is 0 Å². The van der Waals surface area contributed by atoms with E-state index in [9.17, 15) is 18.0 Å². The molecule has 0 spiro atoms. The van der Waals surface area contributed by atoms with Gasteiger partial charge in [0.1, 0.15) is 17.9 Å². The van der Waals surface area contributed by atoms with Gasteiger partial charge in [-0.25, -0.2) is 4.98 Å². The Labute approximate surface area is 150 Å². The molecule has 130 valence electrons. The van der Waals surface area contributed by atoms with E-state index in [1.807, 2.05) is 0 Å². The average Bonchev–Trinajstić information content (AvgIpc) is 2.83. The fourth-order valence-corrected chi connectivity index (χ4v) is 2.73. The van der Waals surface area contributed by atoms with Gasteiger partial charge in [-0.3, -0.25) is 9.78 Å². The third-order valence-electron chi connectivity index (χ3n) is 3.48. The molecule has 3 rings (SSSR count). The first-order valence-corrected chi connectivity index (χ1v) is 7.85. The van der Waals surface area contributed by atoms with Crippen LogP contribution in [-0.4, -0.2) is 26.5 Å². The zero-order chi connectivity index (χ0) is 18.2. The molecule has 3 aromatic rings. The SMILES string of the molecule is O=C(Cn1c(CC(F)(F)F)nc2cc(Cl)c(Cl)cc21)c1ccccn1. The van der Waals surface area contributed by atoms with Crippen molar-refractivity contribution in [2.45, 2.75) is 19.1 Å². The van der Waals surface area contributed by atoms with Gasteiger partial charge in [-0.05, 0) is 24.3 Å². The predicted molar refractivity (Wildman–Crippen MR) is 88.1 cm³/mol. The van der Waals surface area contributed by atoms with Crippen molar-refractivity contribution in [1.82, 2.24) is 14.5 Å². The number of imidazole rings is 1. The molecular weight excluding hydrogens is 378 g/mol. The zero-order valence-electron chi connectivity index (χ0n) is 12.5. The Bertz CT molecular complexity index is 939. The molecule has 0 saturated heterocycles. The molecule has 0 fully saturated rings. The Balaban J connectivity index is 2.08. The van der Waals surface area contributed by atoms with E-state index in [-0.39, 0.29) is 33.6 Å². The molecule has 0 amide bonds. The molecule has 0 bridgehead atoms. The Morgan fingerprint density at radius 1 is 1.16 bits per heavy atom. The van der Waals surface area contributed by atoms with E-state index in [0.717, 1.165) is 0 Å². The van der Waals surface area contributed by atoms with Gasteiger partial charge in [0.15, 0.2) is 0 Å². The smallest absolute Gasteiger partial charge is 0.320 e. The van der Waals surface area contributed by atoms with Crippen molar-refractivity contribution in [1.29, 1.82) is 0 Å². The van der Waals surface area contributed by atoms with E-state index in [2.05, 4.69) is 9.97 Å². The number of carbonyl (C=O) groups excluding carboxylic acids is 1. The molecule has 0 radical (unpaired) electrons. The summed E-state index contributed by atoms with van der Waals surface area (Å²) in [6.07, 6.45) is -4.31. The van der Waals surface area contributed by atoms with Gasteiger partial charge < -0.3 is 4.57 Å². The van der Waals surface area contributed by atoms with Crippen molar-refractivity contribution in [2.75, 3.05) is 0 Å². The van der Waals surface area contributed by atoms with E-state index in [0.29, 0.717) is 5.52 Å². The number of hydrogen-bond donors (Lipinski definition) is 0. The molecule has 0 atom stereocenters. The quantitative estimate of drug-likeness (QED) is 0.608. The van der Waals surface area contributed by atoms with Crippen molar-refractivity contribution in [2.24, 2.45) is 0 Å². The lowest BCUT2D eigenvalue weighted by atomic mass is 10.2. The highest BCUT2D eigenvalue weighted by molar-refractivity contribution is 6.42. The topological polar surface area (TPSA) is 47.8 Å². The molecule has 9 heteroatoms.